The van der Waals surface area contributed by atoms with Gasteiger partial charge in [0.15, 0.2) is 0 Å². The molecule has 0 aliphatic heterocycles. The van der Waals surface area contributed by atoms with Crippen LogP contribution in [0.25, 0.3) is 0 Å². The molecule has 1 aromatic heterocycles. The van der Waals surface area contributed by atoms with E-state index < -0.39 is 0 Å². The van der Waals surface area contributed by atoms with Crippen LogP contribution in [0.5, 0.6) is 5.88 Å². The van der Waals surface area contributed by atoms with Crippen molar-refractivity contribution >= 4 is 23.4 Å². The van der Waals surface area contributed by atoms with E-state index in [0.29, 0.717) is 34.8 Å². The average Bonchev–Trinajstić information content (AvgIpc) is 2.79. The van der Waals surface area contributed by atoms with Gasteiger partial charge in [-0.25, -0.2) is 0 Å². The number of benzene rings is 3. The minimum atomic E-state index is 0.427. The minimum absolute atomic E-state index is 0.427. The third kappa shape index (κ3) is 6.31. The normalized spacial score (nSPS) is 10.8. The Hall–Kier alpha value is -2.89. The van der Waals surface area contributed by atoms with Crippen LogP contribution in [0.2, 0.25) is 5.02 Å². The van der Waals surface area contributed by atoms with Gasteiger partial charge in [-0.15, -0.1) is 10.2 Å². The molecule has 0 N–H and O–H groups in total. The van der Waals surface area contributed by atoms with Crippen molar-refractivity contribution in [2.75, 3.05) is 0 Å². The van der Waals surface area contributed by atoms with Gasteiger partial charge >= 0.3 is 0 Å². The van der Waals surface area contributed by atoms with Gasteiger partial charge < -0.3 is 4.74 Å². The van der Waals surface area contributed by atoms with Gasteiger partial charge in [-0.3, -0.25) is 0 Å². The van der Waals surface area contributed by atoms with E-state index in [9.17, 15) is 0 Å². The van der Waals surface area contributed by atoms with Crippen LogP contribution in [0.4, 0.5) is 0 Å². The molecular weight excluding hydrogens is 438 g/mol. The standard InChI is InChI=1S/C26H24ClN3OS/c1-18-5-3-7-21(13-18)16-31-25-24(15-20-9-11-23(27)12-10-20)29-30-26(28-25)32-17-22-8-4-6-19(2)14-22/h3-14H,15-17H2,1-2H3. The summed E-state index contributed by atoms with van der Waals surface area (Å²) in [5.74, 6) is 1.29. The predicted molar refractivity (Wildman–Crippen MR) is 130 cm³/mol. The average molecular weight is 462 g/mol. The van der Waals surface area contributed by atoms with Crippen molar-refractivity contribution in [2.24, 2.45) is 0 Å². The Labute approximate surface area is 198 Å². The lowest BCUT2D eigenvalue weighted by atomic mass is 10.1. The highest BCUT2D eigenvalue weighted by molar-refractivity contribution is 7.98. The highest BCUT2D eigenvalue weighted by Gasteiger charge is 2.13. The zero-order valence-electron chi connectivity index (χ0n) is 18.1. The molecule has 0 radical (unpaired) electrons. The zero-order chi connectivity index (χ0) is 22.3. The summed E-state index contributed by atoms with van der Waals surface area (Å²) in [6, 6.07) is 24.4. The van der Waals surface area contributed by atoms with E-state index in [2.05, 4.69) is 60.4 Å². The van der Waals surface area contributed by atoms with Gasteiger partial charge in [0, 0.05) is 17.2 Å². The molecule has 4 rings (SSSR count). The molecule has 1 heterocycles. The molecule has 0 fully saturated rings. The van der Waals surface area contributed by atoms with Gasteiger partial charge in [0.2, 0.25) is 11.0 Å². The van der Waals surface area contributed by atoms with Crippen LogP contribution in [0.1, 0.15) is 33.5 Å². The lowest BCUT2D eigenvalue weighted by Gasteiger charge is -2.11. The van der Waals surface area contributed by atoms with Crippen molar-refractivity contribution in [2.45, 2.75) is 37.8 Å². The molecule has 4 nitrogen and oxygen atoms in total. The number of rotatable bonds is 8. The van der Waals surface area contributed by atoms with Crippen LogP contribution in [0.15, 0.2) is 78.0 Å². The first-order valence-corrected chi connectivity index (χ1v) is 11.8. The van der Waals surface area contributed by atoms with Crippen molar-refractivity contribution in [3.8, 4) is 5.88 Å². The summed E-state index contributed by atoms with van der Waals surface area (Å²) in [6.45, 7) is 4.59. The summed E-state index contributed by atoms with van der Waals surface area (Å²) >= 11 is 7.58. The van der Waals surface area contributed by atoms with Crippen LogP contribution in [-0.4, -0.2) is 15.2 Å². The summed E-state index contributed by atoms with van der Waals surface area (Å²) in [5.41, 5.74) is 6.54. The molecule has 0 spiro atoms. The molecule has 3 aromatic carbocycles. The van der Waals surface area contributed by atoms with E-state index in [1.165, 1.54) is 16.7 Å². The highest BCUT2D eigenvalue weighted by Crippen LogP contribution is 2.25. The second-order valence-corrected chi connectivity index (χ2v) is 9.08. The van der Waals surface area contributed by atoms with E-state index in [1.807, 2.05) is 36.4 Å². The number of ether oxygens (including phenoxy) is 1. The fraction of sp³-hybridized carbons (Fsp3) is 0.192. The predicted octanol–water partition coefficient (Wildman–Crippen LogP) is 6.60. The smallest absolute Gasteiger partial charge is 0.240 e. The van der Waals surface area contributed by atoms with E-state index >= 15 is 0 Å². The van der Waals surface area contributed by atoms with Crippen LogP contribution >= 0.6 is 23.4 Å². The molecule has 0 saturated carbocycles. The molecule has 32 heavy (non-hydrogen) atoms. The minimum Gasteiger partial charge on any atom is -0.471 e. The maximum absolute atomic E-state index is 6.13. The van der Waals surface area contributed by atoms with Crippen molar-refractivity contribution in [3.63, 3.8) is 0 Å². The van der Waals surface area contributed by atoms with E-state index in [0.717, 1.165) is 16.9 Å². The number of hydrogen-bond donors (Lipinski definition) is 0. The molecular formula is C26H24ClN3OS. The highest BCUT2D eigenvalue weighted by atomic mass is 35.5. The lowest BCUT2D eigenvalue weighted by Crippen LogP contribution is -2.07. The quantitative estimate of drug-likeness (QED) is 0.276. The van der Waals surface area contributed by atoms with Crippen LogP contribution < -0.4 is 4.74 Å². The van der Waals surface area contributed by atoms with Crippen LogP contribution in [0.3, 0.4) is 0 Å². The Balaban J connectivity index is 1.54. The maximum Gasteiger partial charge on any atom is 0.240 e. The first kappa shape index (κ1) is 22.3. The Kier molecular flexibility index (Phi) is 7.40. The van der Waals surface area contributed by atoms with Crippen molar-refractivity contribution in [1.82, 2.24) is 15.2 Å². The van der Waals surface area contributed by atoms with Gasteiger partial charge in [0.1, 0.15) is 12.3 Å². The number of aromatic nitrogens is 3. The van der Waals surface area contributed by atoms with Crippen LogP contribution in [0, 0.1) is 13.8 Å². The molecule has 0 aliphatic rings. The van der Waals surface area contributed by atoms with Gasteiger partial charge in [-0.2, -0.15) is 4.98 Å². The van der Waals surface area contributed by atoms with Gasteiger partial charge in [0.25, 0.3) is 0 Å². The Morgan fingerprint density at radius 3 is 2.22 bits per heavy atom. The first-order valence-electron chi connectivity index (χ1n) is 10.4. The number of aryl methyl sites for hydroxylation is 2. The van der Waals surface area contributed by atoms with Crippen molar-refractivity contribution in [3.05, 3.63) is 111 Å². The third-order valence-corrected chi connectivity index (χ3v) is 6.05. The molecule has 0 aliphatic carbocycles. The molecule has 0 atom stereocenters. The van der Waals surface area contributed by atoms with Gasteiger partial charge in [-0.1, -0.05) is 95.2 Å². The summed E-state index contributed by atoms with van der Waals surface area (Å²) in [7, 11) is 0. The fourth-order valence-electron chi connectivity index (χ4n) is 3.31. The molecule has 0 amide bonds. The third-order valence-electron chi connectivity index (χ3n) is 4.89. The zero-order valence-corrected chi connectivity index (χ0v) is 19.7. The monoisotopic (exact) mass is 461 g/mol. The summed E-state index contributed by atoms with van der Waals surface area (Å²) in [4.78, 5) is 4.70. The van der Waals surface area contributed by atoms with Gasteiger partial charge in [0.05, 0.1) is 0 Å². The van der Waals surface area contributed by atoms with Crippen LogP contribution in [-0.2, 0) is 18.8 Å². The molecule has 0 bridgehead atoms. The Morgan fingerprint density at radius 1 is 0.812 bits per heavy atom. The molecule has 162 valence electrons. The molecule has 0 saturated heterocycles. The van der Waals surface area contributed by atoms with E-state index in [-0.39, 0.29) is 0 Å². The number of halogens is 1. The topological polar surface area (TPSA) is 47.9 Å². The van der Waals surface area contributed by atoms with Crippen molar-refractivity contribution < 1.29 is 4.74 Å². The number of hydrogen-bond acceptors (Lipinski definition) is 5. The SMILES string of the molecule is Cc1cccc(COc2nc(SCc3cccc(C)c3)nnc2Cc2ccc(Cl)cc2)c1. The van der Waals surface area contributed by atoms with E-state index in [1.54, 1.807) is 11.8 Å². The lowest BCUT2D eigenvalue weighted by molar-refractivity contribution is 0.284. The number of nitrogens with zero attached hydrogens (tertiary/aromatic N) is 3. The van der Waals surface area contributed by atoms with E-state index in [4.69, 9.17) is 21.3 Å². The van der Waals surface area contributed by atoms with Crippen molar-refractivity contribution in [1.29, 1.82) is 0 Å². The fourth-order valence-corrected chi connectivity index (χ4v) is 4.15. The summed E-state index contributed by atoms with van der Waals surface area (Å²) in [6.07, 6.45) is 0.573. The summed E-state index contributed by atoms with van der Waals surface area (Å²) < 4.78 is 6.13. The Bertz CT molecular complexity index is 1200. The largest absolute Gasteiger partial charge is 0.471 e. The number of thioether (sulfide) groups is 1. The maximum atomic E-state index is 6.13. The second-order valence-electron chi connectivity index (χ2n) is 7.70. The van der Waals surface area contributed by atoms with Gasteiger partial charge in [-0.05, 0) is 42.7 Å². The molecule has 6 heteroatoms. The second kappa shape index (κ2) is 10.6. The molecule has 4 aromatic rings. The summed E-state index contributed by atoms with van der Waals surface area (Å²) in [5, 5.41) is 10.1. The Morgan fingerprint density at radius 2 is 1.50 bits per heavy atom. The molecule has 0 unspecified atom stereocenters. The first-order chi connectivity index (χ1) is 15.5.